The lowest BCUT2D eigenvalue weighted by Gasteiger charge is -2.45. The van der Waals surface area contributed by atoms with Crippen LogP contribution in [0.15, 0.2) is 28.7 Å². The SMILES string of the molecule is CNc1cc(F)c2c(c1O)C(=O)C1=C(O)[C@]3(O)C(=O)C(C)=C(O)C[C@@H]3CC1C2. The van der Waals surface area contributed by atoms with E-state index < -0.39 is 46.3 Å². The highest BCUT2D eigenvalue weighted by Gasteiger charge is 2.58. The van der Waals surface area contributed by atoms with Gasteiger partial charge in [0, 0.05) is 42.2 Å². The minimum Gasteiger partial charge on any atom is -0.512 e. The molecule has 0 aliphatic heterocycles. The number of hydrogen-bond acceptors (Lipinski definition) is 7. The third-order valence-corrected chi connectivity index (χ3v) is 6.29. The normalized spacial score (nSPS) is 29.4. The predicted octanol–water partition coefficient (Wildman–Crippen LogP) is 2.30. The van der Waals surface area contributed by atoms with Crippen molar-refractivity contribution in [1.82, 2.24) is 0 Å². The quantitative estimate of drug-likeness (QED) is 0.466. The van der Waals surface area contributed by atoms with Crippen molar-refractivity contribution >= 4 is 17.3 Å². The summed E-state index contributed by atoms with van der Waals surface area (Å²) in [5.41, 5.74) is -2.79. The lowest BCUT2D eigenvalue weighted by molar-refractivity contribution is -0.142. The minimum absolute atomic E-state index is 0.0213. The van der Waals surface area contributed by atoms with E-state index in [4.69, 9.17) is 0 Å². The molecular formula is C20H20FNO6. The zero-order valence-corrected chi connectivity index (χ0v) is 15.3. The number of rotatable bonds is 1. The van der Waals surface area contributed by atoms with Gasteiger partial charge in [-0.25, -0.2) is 4.39 Å². The van der Waals surface area contributed by atoms with E-state index in [1.165, 1.54) is 14.0 Å². The highest BCUT2D eigenvalue weighted by molar-refractivity contribution is 6.16. The van der Waals surface area contributed by atoms with Gasteiger partial charge >= 0.3 is 0 Å². The van der Waals surface area contributed by atoms with Gasteiger partial charge in [-0.1, -0.05) is 0 Å². The van der Waals surface area contributed by atoms with Crippen molar-refractivity contribution in [3.8, 4) is 5.75 Å². The number of aliphatic hydroxyl groups excluding tert-OH is 2. The Bertz CT molecular complexity index is 1010. The number of ketones is 2. The Balaban J connectivity index is 1.94. The van der Waals surface area contributed by atoms with Crippen LogP contribution in [0.5, 0.6) is 5.75 Å². The molecule has 8 heteroatoms. The van der Waals surface area contributed by atoms with E-state index in [-0.39, 0.29) is 53.0 Å². The standard InChI is InChI=1S/C20H20FNO6/c1-7-13(23)5-9-3-8-4-10-11(21)6-12(22-2)16(24)15(10)17(25)14(8)19(27)20(9,28)18(7)26/h6,8-9,22-24,27-28H,3-5H2,1-2H3/t8?,9-,20+/m0/s1. The van der Waals surface area contributed by atoms with Gasteiger partial charge < -0.3 is 25.7 Å². The Kier molecular flexibility index (Phi) is 3.84. The fourth-order valence-electron chi connectivity index (χ4n) is 4.72. The van der Waals surface area contributed by atoms with E-state index in [0.717, 1.165) is 6.07 Å². The van der Waals surface area contributed by atoms with E-state index in [9.17, 15) is 34.4 Å². The van der Waals surface area contributed by atoms with Gasteiger partial charge in [-0.05, 0) is 25.7 Å². The number of benzene rings is 1. The van der Waals surface area contributed by atoms with E-state index in [0.29, 0.717) is 0 Å². The van der Waals surface area contributed by atoms with Gasteiger partial charge in [-0.2, -0.15) is 0 Å². The molecule has 3 aliphatic rings. The van der Waals surface area contributed by atoms with Crippen molar-refractivity contribution in [2.75, 3.05) is 12.4 Å². The lowest BCUT2D eigenvalue weighted by atomic mass is 9.60. The number of carbonyl (C=O) groups is 2. The summed E-state index contributed by atoms with van der Waals surface area (Å²) in [7, 11) is 1.46. The molecule has 0 spiro atoms. The Hall–Kier alpha value is -2.87. The zero-order chi connectivity index (χ0) is 20.5. The van der Waals surface area contributed by atoms with Gasteiger partial charge in [0.15, 0.2) is 11.4 Å². The third-order valence-electron chi connectivity index (χ3n) is 6.29. The van der Waals surface area contributed by atoms with Crippen LogP contribution in [0.4, 0.5) is 10.1 Å². The van der Waals surface area contributed by atoms with Crippen LogP contribution in [0.25, 0.3) is 0 Å². The van der Waals surface area contributed by atoms with E-state index in [2.05, 4.69) is 5.32 Å². The van der Waals surface area contributed by atoms with Crippen LogP contribution < -0.4 is 5.32 Å². The summed E-state index contributed by atoms with van der Waals surface area (Å²) in [5, 5.41) is 44.9. The van der Waals surface area contributed by atoms with Crippen molar-refractivity contribution < 1.29 is 34.4 Å². The van der Waals surface area contributed by atoms with Gasteiger partial charge in [0.05, 0.1) is 17.0 Å². The van der Waals surface area contributed by atoms with Crippen molar-refractivity contribution in [2.45, 2.75) is 31.8 Å². The molecule has 0 saturated carbocycles. The fourth-order valence-corrected chi connectivity index (χ4v) is 4.72. The molecule has 0 saturated heterocycles. The number of aliphatic hydroxyl groups is 3. The number of phenolic OH excluding ortho intramolecular Hbond substituents is 1. The maximum absolute atomic E-state index is 14.6. The first-order valence-corrected chi connectivity index (χ1v) is 8.99. The molecule has 148 valence electrons. The van der Waals surface area contributed by atoms with Gasteiger partial charge in [0.1, 0.15) is 17.3 Å². The van der Waals surface area contributed by atoms with Crippen LogP contribution in [-0.2, 0) is 11.2 Å². The Labute approximate surface area is 159 Å². The molecule has 0 heterocycles. The molecule has 1 unspecified atom stereocenters. The first-order chi connectivity index (χ1) is 13.1. The summed E-state index contributed by atoms with van der Waals surface area (Å²) in [4.78, 5) is 25.8. The summed E-state index contributed by atoms with van der Waals surface area (Å²) in [6, 6.07) is 1.09. The average molecular weight is 389 g/mol. The lowest BCUT2D eigenvalue weighted by Crippen LogP contribution is -2.55. The molecule has 5 N–H and O–H groups in total. The minimum atomic E-state index is -2.32. The molecule has 0 radical (unpaired) electrons. The number of aromatic hydroxyl groups is 1. The predicted molar refractivity (Wildman–Crippen MR) is 96.8 cm³/mol. The van der Waals surface area contributed by atoms with E-state index in [1.54, 1.807) is 0 Å². The second-order valence-electron chi connectivity index (χ2n) is 7.65. The molecule has 0 amide bonds. The second kappa shape index (κ2) is 5.81. The number of allylic oxidation sites excluding steroid dienone is 2. The van der Waals surface area contributed by atoms with Crippen molar-refractivity contribution in [1.29, 1.82) is 0 Å². The van der Waals surface area contributed by atoms with Crippen LogP contribution in [0.2, 0.25) is 0 Å². The summed E-state index contributed by atoms with van der Waals surface area (Å²) in [5.74, 6) is -5.19. The molecule has 1 aromatic carbocycles. The number of carbonyl (C=O) groups excluding carboxylic acids is 2. The summed E-state index contributed by atoms with van der Waals surface area (Å²) in [6.45, 7) is 1.34. The van der Waals surface area contributed by atoms with Crippen molar-refractivity contribution in [3.63, 3.8) is 0 Å². The molecule has 7 nitrogen and oxygen atoms in total. The largest absolute Gasteiger partial charge is 0.512 e. The van der Waals surface area contributed by atoms with Crippen molar-refractivity contribution in [2.24, 2.45) is 11.8 Å². The summed E-state index contributed by atoms with van der Waals surface area (Å²) < 4.78 is 14.6. The zero-order valence-electron chi connectivity index (χ0n) is 15.3. The number of fused-ring (bicyclic) bond motifs is 3. The van der Waals surface area contributed by atoms with Crippen LogP contribution in [0, 0.1) is 17.7 Å². The monoisotopic (exact) mass is 389 g/mol. The number of Topliss-reactive ketones (excluding diaryl/α,β-unsaturated/α-hetero) is 2. The van der Waals surface area contributed by atoms with Gasteiger partial charge in [-0.3, -0.25) is 9.59 Å². The highest BCUT2D eigenvalue weighted by Crippen LogP contribution is 2.52. The molecule has 0 fully saturated rings. The highest BCUT2D eigenvalue weighted by atomic mass is 19.1. The Morgan fingerprint density at radius 2 is 1.89 bits per heavy atom. The van der Waals surface area contributed by atoms with E-state index >= 15 is 0 Å². The topological polar surface area (TPSA) is 127 Å². The number of halogens is 1. The average Bonchev–Trinajstić information content (AvgIpc) is 2.65. The van der Waals surface area contributed by atoms with Crippen LogP contribution >= 0.6 is 0 Å². The van der Waals surface area contributed by atoms with Crippen molar-refractivity contribution in [3.05, 3.63) is 45.7 Å². The molecular weight excluding hydrogens is 369 g/mol. The fraction of sp³-hybridized carbons (Fsp3) is 0.400. The number of phenols is 1. The van der Waals surface area contributed by atoms with Gasteiger partial charge in [0.2, 0.25) is 5.78 Å². The number of anilines is 1. The third kappa shape index (κ3) is 2.12. The number of hydrogen-bond donors (Lipinski definition) is 5. The van der Waals surface area contributed by atoms with Gasteiger partial charge in [-0.15, -0.1) is 0 Å². The molecule has 4 rings (SSSR count). The number of nitrogens with one attached hydrogen (secondary N) is 1. The first kappa shape index (κ1) is 18.5. The molecule has 0 bridgehead atoms. The summed E-state index contributed by atoms with van der Waals surface area (Å²) in [6.07, 6.45) is 0.0988. The van der Waals surface area contributed by atoms with Crippen LogP contribution in [0.1, 0.15) is 35.7 Å². The summed E-state index contributed by atoms with van der Waals surface area (Å²) >= 11 is 0. The first-order valence-electron chi connectivity index (χ1n) is 8.99. The second-order valence-corrected chi connectivity index (χ2v) is 7.65. The van der Waals surface area contributed by atoms with Gasteiger partial charge in [0.25, 0.3) is 0 Å². The van der Waals surface area contributed by atoms with Crippen LogP contribution in [0.3, 0.4) is 0 Å². The molecule has 1 aromatic rings. The maximum atomic E-state index is 14.6. The molecule has 3 atom stereocenters. The smallest absolute Gasteiger partial charge is 0.201 e. The molecule has 0 aromatic heterocycles. The van der Waals surface area contributed by atoms with E-state index in [1.807, 2.05) is 0 Å². The molecule has 3 aliphatic carbocycles. The molecule has 28 heavy (non-hydrogen) atoms. The Morgan fingerprint density at radius 3 is 2.54 bits per heavy atom. The van der Waals surface area contributed by atoms with Crippen LogP contribution in [-0.4, -0.2) is 44.6 Å². The Morgan fingerprint density at radius 1 is 1.21 bits per heavy atom. The maximum Gasteiger partial charge on any atom is 0.201 e.